The standard InChI is InChI=1S/C19H16N2O2S2/c1-2-23-14-11-12(7-8-13(14)22)19-20-17(15-5-3-9-24-15)18(21-19)16-6-4-10-25-16/h3-11,22H,2H2,1H3,(H,20,21). The Morgan fingerprint density at radius 1 is 1.08 bits per heavy atom. The molecule has 0 saturated carbocycles. The second-order valence-electron chi connectivity index (χ2n) is 5.38. The second kappa shape index (κ2) is 6.74. The van der Waals surface area contributed by atoms with Crippen molar-refractivity contribution in [1.82, 2.24) is 9.97 Å². The van der Waals surface area contributed by atoms with Gasteiger partial charge >= 0.3 is 0 Å². The quantitative estimate of drug-likeness (QED) is 0.479. The molecule has 4 aromatic rings. The van der Waals surface area contributed by atoms with Gasteiger partial charge < -0.3 is 14.8 Å². The van der Waals surface area contributed by atoms with Gasteiger partial charge in [0.25, 0.3) is 0 Å². The predicted octanol–water partition coefficient (Wildman–Crippen LogP) is 5.64. The lowest BCUT2D eigenvalue weighted by Crippen LogP contribution is -1.92. The fourth-order valence-electron chi connectivity index (χ4n) is 2.63. The van der Waals surface area contributed by atoms with Crippen molar-refractivity contribution in [3.63, 3.8) is 0 Å². The van der Waals surface area contributed by atoms with Crippen molar-refractivity contribution in [2.45, 2.75) is 6.92 Å². The zero-order valence-electron chi connectivity index (χ0n) is 13.5. The number of ether oxygens (including phenoxy) is 1. The summed E-state index contributed by atoms with van der Waals surface area (Å²) >= 11 is 3.35. The molecule has 0 saturated heterocycles. The Kier molecular flexibility index (Phi) is 4.29. The number of benzene rings is 1. The van der Waals surface area contributed by atoms with Crippen molar-refractivity contribution < 1.29 is 9.84 Å². The van der Waals surface area contributed by atoms with Crippen molar-refractivity contribution in [1.29, 1.82) is 0 Å². The Balaban J connectivity index is 1.84. The maximum absolute atomic E-state index is 9.92. The lowest BCUT2D eigenvalue weighted by molar-refractivity contribution is 0.318. The number of nitrogens with zero attached hydrogens (tertiary/aromatic N) is 1. The minimum atomic E-state index is 0.133. The monoisotopic (exact) mass is 368 g/mol. The summed E-state index contributed by atoms with van der Waals surface area (Å²) in [6, 6.07) is 13.5. The van der Waals surface area contributed by atoms with E-state index in [4.69, 9.17) is 9.72 Å². The molecular formula is C19H16N2O2S2. The molecule has 0 fully saturated rings. The molecule has 25 heavy (non-hydrogen) atoms. The Hall–Kier alpha value is -2.57. The van der Waals surface area contributed by atoms with Gasteiger partial charge in [0.2, 0.25) is 0 Å². The number of thiophene rings is 2. The Morgan fingerprint density at radius 3 is 2.52 bits per heavy atom. The molecule has 0 atom stereocenters. The molecule has 0 radical (unpaired) electrons. The maximum atomic E-state index is 9.92. The Bertz CT molecular complexity index is 921. The number of nitrogens with one attached hydrogen (secondary N) is 1. The summed E-state index contributed by atoms with van der Waals surface area (Å²) in [4.78, 5) is 10.5. The summed E-state index contributed by atoms with van der Waals surface area (Å²) in [6.07, 6.45) is 0. The Labute approximate surface area is 153 Å². The van der Waals surface area contributed by atoms with E-state index >= 15 is 0 Å². The molecule has 6 heteroatoms. The molecule has 126 valence electrons. The van der Waals surface area contributed by atoms with Gasteiger partial charge in [-0.1, -0.05) is 12.1 Å². The normalized spacial score (nSPS) is 10.9. The zero-order valence-corrected chi connectivity index (χ0v) is 15.2. The minimum absolute atomic E-state index is 0.133. The molecule has 0 bridgehead atoms. The first-order valence-corrected chi connectivity index (χ1v) is 9.66. The van der Waals surface area contributed by atoms with E-state index in [1.807, 2.05) is 31.2 Å². The second-order valence-corrected chi connectivity index (χ2v) is 7.27. The van der Waals surface area contributed by atoms with Gasteiger partial charge in [-0.3, -0.25) is 0 Å². The van der Waals surface area contributed by atoms with Crippen LogP contribution in [0.25, 0.3) is 32.5 Å². The third kappa shape index (κ3) is 3.06. The highest BCUT2D eigenvalue weighted by atomic mass is 32.1. The molecule has 3 aromatic heterocycles. The number of phenols is 1. The van der Waals surface area contributed by atoms with Crippen LogP contribution in [0.15, 0.2) is 53.2 Å². The molecule has 4 nitrogen and oxygen atoms in total. The fraction of sp³-hybridized carbons (Fsp3) is 0.105. The van der Waals surface area contributed by atoms with Crippen LogP contribution >= 0.6 is 22.7 Å². The smallest absolute Gasteiger partial charge is 0.161 e. The van der Waals surface area contributed by atoms with Crippen LogP contribution in [0.1, 0.15) is 6.92 Å². The van der Waals surface area contributed by atoms with Crippen LogP contribution in [0, 0.1) is 0 Å². The summed E-state index contributed by atoms with van der Waals surface area (Å²) in [6.45, 7) is 2.39. The topological polar surface area (TPSA) is 58.1 Å². The molecule has 0 aliphatic carbocycles. The molecule has 1 aromatic carbocycles. The van der Waals surface area contributed by atoms with Gasteiger partial charge in [-0.05, 0) is 48.0 Å². The number of H-pyrrole nitrogens is 1. The van der Waals surface area contributed by atoms with Crippen LogP contribution in [-0.2, 0) is 0 Å². The average Bonchev–Trinajstić information content (AvgIpc) is 3.37. The highest BCUT2D eigenvalue weighted by Gasteiger charge is 2.17. The molecule has 0 aliphatic heterocycles. The van der Waals surface area contributed by atoms with Crippen LogP contribution in [0.3, 0.4) is 0 Å². The van der Waals surface area contributed by atoms with E-state index in [0.717, 1.165) is 32.5 Å². The fourth-order valence-corrected chi connectivity index (χ4v) is 4.08. The first-order valence-electron chi connectivity index (χ1n) is 7.90. The number of aromatic amines is 1. The summed E-state index contributed by atoms with van der Waals surface area (Å²) in [7, 11) is 0. The van der Waals surface area contributed by atoms with Crippen molar-refractivity contribution in [3.05, 3.63) is 53.2 Å². The number of imidazole rings is 1. The number of hydrogen-bond acceptors (Lipinski definition) is 5. The summed E-state index contributed by atoms with van der Waals surface area (Å²) in [5.41, 5.74) is 2.83. The van der Waals surface area contributed by atoms with E-state index < -0.39 is 0 Å². The highest BCUT2D eigenvalue weighted by molar-refractivity contribution is 7.14. The van der Waals surface area contributed by atoms with Gasteiger partial charge in [0, 0.05) is 5.56 Å². The summed E-state index contributed by atoms with van der Waals surface area (Å²) in [5, 5.41) is 14.0. The van der Waals surface area contributed by atoms with E-state index in [1.54, 1.807) is 28.7 Å². The number of hydrogen-bond donors (Lipinski definition) is 2. The predicted molar refractivity (Wildman–Crippen MR) is 103 cm³/mol. The molecule has 4 rings (SSSR count). The Morgan fingerprint density at radius 2 is 1.84 bits per heavy atom. The van der Waals surface area contributed by atoms with Crippen molar-refractivity contribution in [2.24, 2.45) is 0 Å². The van der Waals surface area contributed by atoms with Gasteiger partial charge in [-0.2, -0.15) is 0 Å². The summed E-state index contributed by atoms with van der Waals surface area (Å²) < 4.78 is 5.49. The van der Waals surface area contributed by atoms with Gasteiger partial charge in [0.05, 0.1) is 22.1 Å². The molecule has 3 heterocycles. The van der Waals surface area contributed by atoms with Crippen LogP contribution < -0.4 is 4.74 Å². The number of rotatable bonds is 5. The third-order valence-electron chi connectivity index (χ3n) is 3.76. The lowest BCUT2D eigenvalue weighted by Gasteiger charge is -2.06. The zero-order chi connectivity index (χ0) is 17.2. The van der Waals surface area contributed by atoms with E-state index in [2.05, 4.69) is 27.9 Å². The highest BCUT2D eigenvalue weighted by Crippen LogP contribution is 2.38. The molecule has 0 aliphatic rings. The van der Waals surface area contributed by atoms with Crippen LogP contribution in [0.5, 0.6) is 11.5 Å². The maximum Gasteiger partial charge on any atom is 0.161 e. The average molecular weight is 368 g/mol. The van der Waals surface area contributed by atoms with E-state index in [1.165, 1.54) is 0 Å². The first kappa shape index (κ1) is 15.9. The number of aromatic hydroxyl groups is 1. The molecule has 0 unspecified atom stereocenters. The van der Waals surface area contributed by atoms with E-state index in [0.29, 0.717) is 12.4 Å². The van der Waals surface area contributed by atoms with E-state index in [9.17, 15) is 5.11 Å². The van der Waals surface area contributed by atoms with Crippen molar-refractivity contribution >= 4 is 22.7 Å². The number of aromatic nitrogens is 2. The number of phenolic OH excluding ortho intramolecular Hbond substituents is 1. The van der Waals surface area contributed by atoms with Crippen LogP contribution in [-0.4, -0.2) is 21.7 Å². The minimum Gasteiger partial charge on any atom is -0.504 e. The van der Waals surface area contributed by atoms with Gasteiger partial charge in [0.1, 0.15) is 11.5 Å². The molecule has 0 amide bonds. The van der Waals surface area contributed by atoms with Crippen molar-refractivity contribution in [3.8, 4) is 44.0 Å². The van der Waals surface area contributed by atoms with Gasteiger partial charge in [0.15, 0.2) is 11.5 Å². The first-order chi connectivity index (χ1) is 12.3. The van der Waals surface area contributed by atoms with Gasteiger partial charge in [-0.15, -0.1) is 22.7 Å². The van der Waals surface area contributed by atoms with Gasteiger partial charge in [-0.25, -0.2) is 4.98 Å². The SMILES string of the molecule is CCOc1cc(-c2nc(-c3cccs3)c(-c3cccs3)[nH]2)ccc1O. The molecular weight excluding hydrogens is 352 g/mol. The lowest BCUT2D eigenvalue weighted by atomic mass is 10.2. The third-order valence-corrected chi connectivity index (χ3v) is 5.52. The van der Waals surface area contributed by atoms with Crippen molar-refractivity contribution in [2.75, 3.05) is 6.61 Å². The van der Waals surface area contributed by atoms with E-state index in [-0.39, 0.29) is 5.75 Å². The largest absolute Gasteiger partial charge is 0.504 e. The molecule has 2 N–H and O–H groups in total. The van der Waals surface area contributed by atoms with Crippen LogP contribution in [0.4, 0.5) is 0 Å². The van der Waals surface area contributed by atoms with Crippen LogP contribution in [0.2, 0.25) is 0 Å². The summed E-state index contributed by atoms with van der Waals surface area (Å²) in [5.74, 6) is 1.36. The molecule has 0 spiro atoms.